The van der Waals surface area contributed by atoms with Gasteiger partial charge in [-0.1, -0.05) is 36.0 Å². The molecule has 4 rings (SSSR count). The lowest BCUT2D eigenvalue weighted by molar-refractivity contribution is 0.0717. The van der Waals surface area contributed by atoms with E-state index in [1.54, 1.807) is 7.05 Å². The largest absolute Gasteiger partial charge is 0.381 e. The first-order valence-corrected chi connectivity index (χ1v) is 10.4. The van der Waals surface area contributed by atoms with Gasteiger partial charge in [0.1, 0.15) is 0 Å². The van der Waals surface area contributed by atoms with Crippen LogP contribution in [0.15, 0.2) is 47.5 Å². The molecule has 1 fully saturated rings. The number of aromatic nitrogens is 1. The first kappa shape index (κ1) is 18.1. The summed E-state index contributed by atoms with van der Waals surface area (Å²) in [5, 5.41) is 5.90. The molecule has 2 aromatic carbocycles. The molecule has 0 unspecified atom stereocenters. The van der Waals surface area contributed by atoms with E-state index in [0.717, 1.165) is 31.6 Å². The fourth-order valence-corrected chi connectivity index (χ4v) is 4.22. The molecule has 0 atom stereocenters. The fourth-order valence-electron chi connectivity index (χ4n) is 3.85. The quantitative estimate of drug-likeness (QED) is 0.534. The summed E-state index contributed by atoms with van der Waals surface area (Å²) in [4.78, 5) is 16.8. The Morgan fingerprint density at radius 2 is 1.89 bits per heavy atom. The van der Waals surface area contributed by atoms with Crippen LogP contribution < -0.4 is 5.32 Å². The van der Waals surface area contributed by atoms with E-state index in [2.05, 4.69) is 45.2 Å². The second-order valence-electron chi connectivity index (χ2n) is 6.65. The van der Waals surface area contributed by atoms with Crippen LogP contribution in [0.3, 0.4) is 0 Å². The van der Waals surface area contributed by atoms with Gasteiger partial charge in [-0.25, -0.2) is 0 Å². The van der Waals surface area contributed by atoms with E-state index >= 15 is 0 Å². The topological polar surface area (TPSA) is 55.6 Å². The number of ether oxygens (including phenoxy) is 1. The normalized spacial score (nSPS) is 16.1. The van der Waals surface area contributed by atoms with E-state index in [1.807, 2.05) is 18.4 Å². The molecule has 0 bridgehead atoms. The molecule has 1 N–H and O–H groups in total. The molecule has 0 aliphatic carbocycles. The first-order chi connectivity index (χ1) is 13.2. The Kier molecular flexibility index (Phi) is 5.18. The predicted molar refractivity (Wildman–Crippen MR) is 113 cm³/mol. The highest BCUT2D eigenvalue weighted by molar-refractivity contribution is 8.13. The van der Waals surface area contributed by atoms with Gasteiger partial charge in [-0.3, -0.25) is 9.79 Å². The molecule has 2 heterocycles. The van der Waals surface area contributed by atoms with Gasteiger partial charge in [0.2, 0.25) is 0 Å². The summed E-state index contributed by atoms with van der Waals surface area (Å²) in [6.45, 7) is 1.56. The molecule has 1 amide bonds. The molecule has 6 heteroatoms. The smallest absolute Gasteiger partial charge is 0.257 e. The molecule has 0 spiro atoms. The van der Waals surface area contributed by atoms with Gasteiger partial charge in [-0.15, -0.1) is 0 Å². The third-order valence-corrected chi connectivity index (χ3v) is 5.82. The van der Waals surface area contributed by atoms with E-state index in [0.29, 0.717) is 16.8 Å². The average Bonchev–Trinajstić information content (AvgIpc) is 3.06. The van der Waals surface area contributed by atoms with Gasteiger partial charge >= 0.3 is 0 Å². The van der Waals surface area contributed by atoms with Gasteiger partial charge in [0.15, 0.2) is 5.17 Å². The number of benzene rings is 2. The number of hydrogen-bond acceptors (Lipinski definition) is 4. The Balaban J connectivity index is 1.84. The highest BCUT2D eigenvalue weighted by atomic mass is 32.2. The van der Waals surface area contributed by atoms with Crippen molar-refractivity contribution in [3.05, 3.63) is 48.0 Å². The Morgan fingerprint density at radius 3 is 2.63 bits per heavy atom. The van der Waals surface area contributed by atoms with E-state index in [-0.39, 0.29) is 5.91 Å². The number of carbonyl (C=O) groups excluding carboxylic acids is 1. The monoisotopic (exact) mass is 381 g/mol. The van der Waals surface area contributed by atoms with Crippen molar-refractivity contribution < 1.29 is 9.53 Å². The van der Waals surface area contributed by atoms with E-state index in [4.69, 9.17) is 4.74 Å². The Labute approximate surface area is 162 Å². The van der Waals surface area contributed by atoms with Crippen LogP contribution in [0.5, 0.6) is 0 Å². The van der Waals surface area contributed by atoms with Gasteiger partial charge in [-0.05, 0) is 37.3 Å². The minimum absolute atomic E-state index is 0.129. The molecule has 0 radical (unpaired) electrons. The lowest BCUT2D eigenvalue weighted by atomic mass is 10.1. The summed E-state index contributed by atoms with van der Waals surface area (Å²) in [7, 11) is 1.68. The van der Waals surface area contributed by atoms with Gasteiger partial charge in [0, 0.05) is 48.2 Å². The van der Waals surface area contributed by atoms with E-state index in [1.165, 1.54) is 28.1 Å². The zero-order valence-corrected chi connectivity index (χ0v) is 16.4. The molecule has 140 valence electrons. The predicted octanol–water partition coefficient (Wildman–Crippen LogP) is 4.22. The van der Waals surface area contributed by atoms with E-state index < -0.39 is 0 Å². The maximum absolute atomic E-state index is 12.7. The highest BCUT2D eigenvalue weighted by Crippen LogP contribution is 2.35. The summed E-state index contributed by atoms with van der Waals surface area (Å²) in [5.74, 6) is -0.129. The number of hydrogen-bond donors (Lipinski definition) is 1. The SMILES string of the molecule is CN=C(NC(=O)c1ccc2c3ccccc3n(C3CCOCC3)c2c1)SC. The number of thioether (sulfide) groups is 1. The summed E-state index contributed by atoms with van der Waals surface area (Å²) in [5.41, 5.74) is 2.97. The third kappa shape index (κ3) is 3.35. The summed E-state index contributed by atoms with van der Waals surface area (Å²) in [6.07, 6.45) is 3.88. The molecule has 1 aliphatic heterocycles. The molecular weight excluding hydrogens is 358 g/mol. The third-order valence-electron chi connectivity index (χ3n) is 5.15. The van der Waals surface area contributed by atoms with Gasteiger partial charge in [0.05, 0.1) is 5.52 Å². The molecule has 1 aromatic heterocycles. The van der Waals surface area contributed by atoms with Gasteiger partial charge < -0.3 is 14.6 Å². The van der Waals surface area contributed by atoms with E-state index in [9.17, 15) is 4.79 Å². The molecule has 3 aromatic rings. The second kappa shape index (κ2) is 7.74. The Morgan fingerprint density at radius 1 is 1.15 bits per heavy atom. The van der Waals surface area contributed by atoms with Crippen LogP contribution in [0, 0.1) is 0 Å². The lowest BCUT2D eigenvalue weighted by Gasteiger charge is -2.25. The van der Waals surface area contributed by atoms with Crippen LogP contribution in [0.1, 0.15) is 29.2 Å². The number of para-hydroxylation sites is 1. The summed E-state index contributed by atoms with van der Waals surface area (Å²) >= 11 is 1.43. The van der Waals surface area contributed by atoms with Crippen molar-refractivity contribution in [2.75, 3.05) is 26.5 Å². The van der Waals surface area contributed by atoms with Crippen LogP contribution in [0.25, 0.3) is 21.8 Å². The second-order valence-corrected chi connectivity index (χ2v) is 7.44. The molecule has 1 saturated heterocycles. The Hall–Kier alpha value is -2.31. The number of nitrogens with zero attached hydrogens (tertiary/aromatic N) is 2. The fraction of sp³-hybridized carbons (Fsp3) is 0.333. The van der Waals surface area contributed by atoms with Crippen molar-refractivity contribution in [3.63, 3.8) is 0 Å². The molecule has 0 saturated carbocycles. The summed E-state index contributed by atoms with van der Waals surface area (Å²) < 4.78 is 7.96. The highest BCUT2D eigenvalue weighted by Gasteiger charge is 2.21. The van der Waals surface area contributed by atoms with Crippen molar-refractivity contribution in [1.29, 1.82) is 0 Å². The number of aliphatic imine (C=N–C) groups is 1. The molecule has 5 nitrogen and oxygen atoms in total. The molecule has 1 aliphatic rings. The number of amides is 1. The number of nitrogens with one attached hydrogen (secondary N) is 1. The minimum Gasteiger partial charge on any atom is -0.381 e. The van der Waals surface area contributed by atoms with Crippen LogP contribution in [0.2, 0.25) is 0 Å². The maximum Gasteiger partial charge on any atom is 0.257 e. The number of fused-ring (bicyclic) bond motifs is 3. The maximum atomic E-state index is 12.7. The van der Waals surface area contributed by atoms with Crippen LogP contribution in [-0.2, 0) is 4.74 Å². The first-order valence-electron chi connectivity index (χ1n) is 9.15. The van der Waals surface area contributed by atoms with Crippen molar-refractivity contribution in [2.24, 2.45) is 4.99 Å². The summed E-state index contributed by atoms with van der Waals surface area (Å²) in [6, 6.07) is 14.8. The van der Waals surface area contributed by atoms with Crippen LogP contribution >= 0.6 is 11.8 Å². The van der Waals surface area contributed by atoms with Gasteiger partial charge in [-0.2, -0.15) is 0 Å². The van der Waals surface area contributed by atoms with Crippen molar-refractivity contribution >= 4 is 44.6 Å². The van der Waals surface area contributed by atoms with Crippen molar-refractivity contribution in [1.82, 2.24) is 9.88 Å². The van der Waals surface area contributed by atoms with Crippen LogP contribution in [0.4, 0.5) is 0 Å². The zero-order valence-electron chi connectivity index (χ0n) is 15.6. The zero-order chi connectivity index (χ0) is 18.8. The number of carbonyl (C=O) groups is 1. The number of amidine groups is 1. The lowest BCUT2D eigenvalue weighted by Crippen LogP contribution is -2.28. The minimum atomic E-state index is -0.129. The average molecular weight is 382 g/mol. The van der Waals surface area contributed by atoms with Crippen molar-refractivity contribution in [3.8, 4) is 0 Å². The standard InChI is InChI=1S/C21H23N3O2S/c1-22-21(27-2)23-20(25)14-7-8-17-16-5-3-4-6-18(16)24(19(17)13-14)15-9-11-26-12-10-15/h3-8,13,15H,9-12H2,1-2H3,(H,22,23,25). The molecule has 27 heavy (non-hydrogen) atoms. The molecular formula is C21H23N3O2S. The van der Waals surface area contributed by atoms with Gasteiger partial charge in [0.25, 0.3) is 5.91 Å². The van der Waals surface area contributed by atoms with Crippen molar-refractivity contribution in [2.45, 2.75) is 18.9 Å². The Bertz CT molecular complexity index is 1020. The number of rotatable bonds is 2. The van der Waals surface area contributed by atoms with Crippen LogP contribution in [-0.4, -0.2) is 42.2 Å².